The summed E-state index contributed by atoms with van der Waals surface area (Å²) < 4.78 is 0. The van der Waals surface area contributed by atoms with Gasteiger partial charge in [-0.25, -0.2) is 9.97 Å². The molecule has 0 radical (unpaired) electrons. The second-order valence-electron chi connectivity index (χ2n) is 3.68. The summed E-state index contributed by atoms with van der Waals surface area (Å²) in [7, 11) is 0. The summed E-state index contributed by atoms with van der Waals surface area (Å²) in [6.07, 6.45) is 4.99. The van der Waals surface area contributed by atoms with Gasteiger partial charge in [0, 0.05) is 18.3 Å². The van der Waals surface area contributed by atoms with E-state index in [-0.39, 0.29) is 6.54 Å². The number of carboxylic acids is 1. The molecule has 0 unspecified atom stereocenters. The number of aryl methyl sites for hydroxylation is 1. The molecule has 92 valence electrons. The Labute approximate surface area is 101 Å². The first-order valence-corrected chi connectivity index (χ1v) is 5.56. The Balaban J connectivity index is 2.88. The third kappa shape index (κ3) is 4.22. The van der Waals surface area contributed by atoms with E-state index in [4.69, 9.17) is 5.11 Å². The molecular formula is C12H17N3O2. The third-order valence-electron chi connectivity index (χ3n) is 2.22. The largest absolute Gasteiger partial charge is 0.480 e. The van der Waals surface area contributed by atoms with Crippen molar-refractivity contribution in [2.75, 3.05) is 18.0 Å². The van der Waals surface area contributed by atoms with Crippen LogP contribution in [0.1, 0.15) is 19.0 Å². The molecule has 0 aliphatic carbocycles. The Morgan fingerprint density at radius 3 is 2.94 bits per heavy atom. The van der Waals surface area contributed by atoms with E-state index in [1.54, 1.807) is 11.0 Å². The number of aromatic nitrogens is 2. The maximum absolute atomic E-state index is 10.7. The van der Waals surface area contributed by atoms with Crippen LogP contribution in [0.3, 0.4) is 0 Å². The molecular weight excluding hydrogens is 218 g/mol. The molecule has 17 heavy (non-hydrogen) atoms. The van der Waals surface area contributed by atoms with Crippen LogP contribution in [0.2, 0.25) is 0 Å². The van der Waals surface area contributed by atoms with Gasteiger partial charge in [-0.15, -0.1) is 6.58 Å². The molecule has 1 N–H and O–H groups in total. The zero-order chi connectivity index (χ0) is 12.7. The van der Waals surface area contributed by atoms with Gasteiger partial charge in [0.2, 0.25) is 0 Å². The van der Waals surface area contributed by atoms with Crippen LogP contribution in [0.5, 0.6) is 0 Å². The standard InChI is InChI=1S/C12H17N3O2/c1-3-5-10-7-11(14-9-13-10)15(6-4-2)8-12(16)17/h4,7,9H,2-3,5-6,8H2,1H3,(H,16,17). The molecule has 1 rings (SSSR count). The Kier molecular flexibility index (Phi) is 5.13. The Morgan fingerprint density at radius 1 is 1.59 bits per heavy atom. The summed E-state index contributed by atoms with van der Waals surface area (Å²) in [5.41, 5.74) is 0.928. The van der Waals surface area contributed by atoms with Gasteiger partial charge in [0.1, 0.15) is 18.7 Å². The number of nitrogens with zero attached hydrogens (tertiary/aromatic N) is 3. The zero-order valence-corrected chi connectivity index (χ0v) is 9.96. The summed E-state index contributed by atoms with van der Waals surface area (Å²) in [6, 6.07) is 1.83. The van der Waals surface area contributed by atoms with E-state index >= 15 is 0 Å². The van der Waals surface area contributed by atoms with Crippen LogP contribution in [-0.2, 0) is 11.2 Å². The lowest BCUT2D eigenvalue weighted by molar-refractivity contribution is -0.135. The van der Waals surface area contributed by atoms with Gasteiger partial charge in [0.25, 0.3) is 0 Å². The quantitative estimate of drug-likeness (QED) is 0.725. The second-order valence-corrected chi connectivity index (χ2v) is 3.68. The number of anilines is 1. The molecule has 1 heterocycles. The molecule has 5 heteroatoms. The molecule has 1 aromatic heterocycles. The molecule has 0 saturated heterocycles. The molecule has 0 saturated carbocycles. The smallest absolute Gasteiger partial charge is 0.323 e. The van der Waals surface area contributed by atoms with Gasteiger partial charge < -0.3 is 10.0 Å². The van der Waals surface area contributed by atoms with Gasteiger partial charge in [0.15, 0.2) is 0 Å². The highest BCUT2D eigenvalue weighted by Gasteiger charge is 2.11. The predicted octanol–water partition coefficient (Wildman–Crippen LogP) is 1.51. The number of carbonyl (C=O) groups is 1. The summed E-state index contributed by atoms with van der Waals surface area (Å²) in [5.74, 6) is -0.256. The van der Waals surface area contributed by atoms with Crippen molar-refractivity contribution < 1.29 is 9.90 Å². The van der Waals surface area contributed by atoms with Gasteiger partial charge >= 0.3 is 5.97 Å². The lowest BCUT2D eigenvalue weighted by atomic mass is 10.2. The number of hydrogen-bond donors (Lipinski definition) is 1. The molecule has 0 aliphatic rings. The van der Waals surface area contributed by atoms with E-state index in [0.29, 0.717) is 12.4 Å². The zero-order valence-electron chi connectivity index (χ0n) is 9.96. The van der Waals surface area contributed by atoms with Crippen molar-refractivity contribution >= 4 is 11.8 Å². The molecule has 0 aromatic carbocycles. The third-order valence-corrected chi connectivity index (χ3v) is 2.22. The van der Waals surface area contributed by atoms with Gasteiger partial charge in [-0.3, -0.25) is 4.79 Å². The number of rotatable bonds is 7. The van der Waals surface area contributed by atoms with Gasteiger partial charge in [0.05, 0.1) is 0 Å². The lowest BCUT2D eigenvalue weighted by Gasteiger charge is -2.19. The average Bonchev–Trinajstić information content (AvgIpc) is 2.29. The SMILES string of the molecule is C=CCN(CC(=O)O)c1cc(CCC)ncn1. The van der Waals surface area contributed by atoms with Crippen molar-refractivity contribution in [1.29, 1.82) is 0 Å². The molecule has 0 spiro atoms. The highest BCUT2D eigenvalue weighted by molar-refractivity contribution is 5.73. The van der Waals surface area contributed by atoms with Crippen molar-refractivity contribution in [2.45, 2.75) is 19.8 Å². The fraction of sp³-hybridized carbons (Fsp3) is 0.417. The fourth-order valence-corrected chi connectivity index (χ4v) is 1.51. The molecule has 5 nitrogen and oxygen atoms in total. The predicted molar refractivity (Wildman–Crippen MR) is 66.1 cm³/mol. The molecule has 1 aromatic rings. The summed E-state index contributed by atoms with van der Waals surface area (Å²) >= 11 is 0. The van der Waals surface area contributed by atoms with Gasteiger partial charge in [-0.05, 0) is 6.42 Å². The van der Waals surface area contributed by atoms with Crippen LogP contribution >= 0.6 is 0 Å². The lowest BCUT2D eigenvalue weighted by Crippen LogP contribution is -2.30. The van der Waals surface area contributed by atoms with Crippen LogP contribution in [0.4, 0.5) is 5.82 Å². The normalized spacial score (nSPS) is 9.94. The van der Waals surface area contributed by atoms with E-state index in [2.05, 4.69) is 23.5 Å². The molecule has 0 bridgehead atoms. The van der Waals surface area contributed by atoms with Gasteiger partial charge in [-0.1, -0.05) is 19.4 Å². The van der Waals surface area contributed by atoms with Crippen LogP contribution < -0.4 is 4.90 Å². The van der Waals surface area contributed by atoms with Crippen LogP contribution in [0.25, 0.3) is 0 Å². The number of carboxylic acid groups (broad SMARTS) is 1. The van der Waals surface area contributed by atoms with Crippen LogP contribution in [-0.4, -0.2) is 34.1 Å². The Hall–Kier alpha value is -1.91. The monoisotopic (exact) mass is 235 g/mol. The maximum Gasteiger partial charge on any atom is 0.323 e. The van der Waals surface area contributed by atoms with Crippen molar-refractivity contribution in [3.05, 3.63) is 30.7 Å². The van der Waals surface area contributed by atoms with Crippen LogP contribution in [0.15, 0.2) is 25.0 Å². The minimum Gasteiger partial charge on any atom is -0.480 e. The second kappa shape index (κ2) is 6.62. The van der Waals surface area contributed by atoms with Crippen LogP contribution in [0, 0.1) is 0 Å². The van der Waals surface area contributed by atoms with E-state index < -0.39 is 5.97 Å². The molecule has 0 atom stereocenters. The maximum atomic E-state index is 10.7. The van der Waals surface area contributed by atoms with E-state index in [1.807, 2.05) is 6.07 Å². The van der Waals surface area contributed by atoms with Crippen molar-refractivity contribution in [3.63, 3.8) is 0 Å². The number of aliphatic carboxylic acids is 1. The van der Waals surface area contributed by atoms with Crippen molar-refractivity contribution in [3.8, 4) is 0 Å². The number of hydrogen-bond acceptors (Lipinski definition) is 4. The first-order chi connectivity index (χ1) is 8.17. The molecule has 0 aliphatic heterocycles. The molecule has 0 amide bonds. The highest BCUT2D eigenvalue weighted by Crippen LogP contribution is 2.11. The summed E-state index contributed by atoms with van der Waals surface area (Å²) in [4.78, 5) is 20.6. The fourth-order valence-electron chi connectivity index (χ4n) is 1.51. The van der Waals surface area contributed by atoms with E-state index in [9.17, 15) is 4.79 Å². The van der Waals surface area contributed by atoms with Crippen molar-refractivity contribution in [1.82, 2.24) is 9.97 Å². The Bertz CT molecular complexity index is 393. The first kappa shape index (κ1) is 13.2. The van der Waals surface area contributed by atoms with Gasteiger partial charge in [-0.2, -0.15) is 0 Å². The van der Waals surface area contributed by atoms with Crippen molar-refractivity contribution in [2.24, 2.45) is 0 Å². The minimum absolute atomic E-state index is 0.0887. The summed E-state index contributed by atoms with van der Waals surface area (Å²) in [6.45, 7) is 6.05. The first-order valence-electron chi connectivity index (χ1n) is 5.56. The highest BCUT2D eigenvalue weighted by atomic mass is 16.4. The summed E-state index contributed by atoms with van der Waals surface area (Å²) in [5, 5.41) is 8.83. The topological polar surface area (TPSA) is 66.3 Å². The minimum atomic E-state index is -0.887. The average molecular weight is 235 g/mol. The van der Waals surface area contributed by atoms with E-state index in [0.717, 1.165) is 18.5 Å². The molecule has 0 fully saturated rings. The van der Waals surface area contributed by atoms with E-state index in [1.165, 1.54) is 6.33 Å². The Morgan fingerprint density at radius 2 is 2.35 bits per heavy atom.